The van der Waals surface area contributed by atoms with Gasteiger partial charge in [0.05, 0.1) is 0 Å². The lowest BCUT2D eigenvalue weighted by molar-refractivity contribution is -0.119. The van der Waals surface area contributed by atoms with Crippen molar-refractivity contribution in [1.29, 1.82) is 0 Å². The Kier molecular flexibility index (Phi) is 3.82. The zero-order valence-electron chi connectivity index (χ0n) is 7.82. The lowest BCUT2D eigenvalue weighted by Crippen LogP contribution is -2.17. The van der Waals surface area contributed by atoms with E-state index in [0.29, 0.717) is 11.3 Å². The number of benzene rings is 1. The number of amides is 1. The summed E-state index contributed by atoms with van der Waals surface area (Å²) in [6.07, 6.45) is 0.728. The number of anilines is 1. The van der Waals surface area contributed by atoms with Crippen molar-refractivity contribution < 1.29 is 14.3 Å². The van der Waals surface area contributed by atoms with Crippen LogP contribution in [0.15, 0.2) is 24.3 Å². The Balaban J connectivity index is 2.66. The second kappa shape index (κ2) is 5.14. The minimum Gasteiger partial charge on any atom is -0.375 e. The van der Waals surface area contributed by atoms with Gasteiger partial charge in [0.15, 0.2) is 0 Å². The molecule has 0 aliphatic rings. The molecule has 4 nitrogen and oxygen atoms in total. The topological polar surface area (TPSA) is 55.4 Å². The highest BCUT2D eigenvalue weighted by molar-refractivity contribution is 5.92. The summed E-state index contributed by atoms with van der Waals surface area (Å²) in [5.74, 6) is -0.240. The molecule has 0 aromatic heterocycles. The van der Waals surface area contributed by atoms with Crippen molar-refractivity contribution in [3.8, 4) is 0 Å². The second-order valence-corrected chi connectivity index (χ2v) is 2.72. The van der Waals surface area contributed by atoms with Gasteiger partial charge < -0.3 is 10.1 Å². The van der Waals surface area contributed by atoms with E-state index in [9.17, 15) is 9.59 Å². The molecule has 0 radical (unpaired) electrons. The second-order valence-electron chi connectivity index (χ2n) is 2.72. The molecule has 0 spiro atoms. The summed E-state index contributed by atoms with van der Waals surface area (Å²) in [6, 6.07) is 6.67. The van der Waals surface area contributed by atoms with Gasteiger partial charge in [-0.15, -0.1) is 0 Å². The number of rotatable bonds is 4. The molecule has 14 heavy (non-hydrogen) atoms. The summed E-state index contributed by atoms with van der Waals surface area (Å²) >= 11 is 0. The molecule has 0 saturated carbocycles. The van der Waals surface area contributed by atoms with Gasteiger partial charge in [0.2, 0.25) is 5.91 Å². The molecule has 74 valence electrons. The van der Waals surface area contributed by atoms with E-state index in [1.54, 1.807) is 24.3 Å². The van der Waals surface area contributed by atoms with Crippen LogP contribution in [0.2, 0.25) is 0 Å². The van der Waals surface area contributed by atoms with E-state index in [0.717, 1.165) is 6.29 Å². The highest BCUT2D eigenvalue weighted by atomic mass is 16.5. The van der Waals surface area contributed by atoms with E-state index in [2.05, 4.69) is 10.1 Å². The number of carbonyl (C=O) groups excluding carboxylic acids is 2. The molecule has 1 rings (SSSR count). The summed E-state index contributed by atoms with van der Waals surface area (Å²) in [6.45, 7) is 0.00527. The molecule has 1 aromatic carbocycles. The number of hydrogen-bond donors (Lipinski definition) is 1. The van der Waals surface area contributed by atoms with Crippen LogP contribution in [0.3, 0.4) is 0 Å². The molecule has 0 aliphatic carbocycles. The van der Waals surface area contributed by atoms with Crippen molar-refractivity contribution >= 4 is 17.9 Å². The van der Waals surface area contributed by atoms with Crippen LogP contribution in [0, 0.1) is 0 Å². The molecule has 0 aliphatic heterocycles. The van der Waals surface area contributed by atoms with Crippen molar-refractivity contribution in [2.75, 3.05) is 19.0 Å². The zero-order valence-corrected chi connectivity index (χ0v) is 7.82. The van der Waals surface area contributed by atoms with Gasteiger partial charge in [-0.25, -0.2) is 0 Å². The minimum atomic E-state index is -0.240. The summed E-state index contributed by atoms with van der Waals surface area (Å²) < 4.78 is 4.65. The lowest BCUT2D eigenvalue weighted by Gasteiger charge is -2.04. The predicted octanol–water partition coefficient (Wildman–Crippen LogP) is 1.08. The molecule has 0 fully saturated rings. The predicted molar refractivity (Wildman–Crippen MR) is 52.3 cm³/mol. The molecule has 4 heteroatoms. The van der Waals surface area contributed by atoms with Gasteiger partial charge in [0, 0.05) is 18.4 Å². The van der Waals surface area contributed by atoms with Crippen LogP contribution in [-0.2, 0) is 9.53 Å². The Morgan fingerprint density at radius 3 is 3.00 bits per heavy atom. The Bertz CT molecular complexity index is 336. The first-order chi connectivity index (χ1) is 6.76. The third-order valence-corrected chi connectivity index (χ3v) is 1.58. The molecule has 0 unspecified atom stereocenters. The van der Waals surface area contributed by atoms with Gasteiger partial charge in [-0.05, 0) is 12.1 Å². The third-order valence-electron chi connectivity index (χ3n) is 1.58. The van der Waals surface area contributed by atoms with Crippen molar-refractivity contribution in [3.05, 3.63) is 29.8 Å². The van der Waals surface area contributed by atoms with Crippen LogP contribution in [-0.4, -0.2) is 25.9 Å². The van der Waals surface area contributed by atoms with Crippen LogP contribution in [0.5, 0.6) is 0 Å². The van der Waals surface area contributed by atoms with Crippen LogP contribution >= 0.6 is 0 Å². The SMILES string of the molecule is COCC(=O)Nc1cccc(C=O)c1. The Morgan fingerprint density at radius 2 is 2.36 bits per heavy atom. The van der Waals surface area contributed by atoms with E-state index in [-0.39, 0.29) is 12.5 Å². The smallest absolute Gasteiger partial charge is 0.250 e. The first-order valence-corrected chi connectivity index (χ1v) is 4.10. The molecular weight excluding hydrogens is 182 g/mol. The molecule has 0 bridgehead atoms. The lowest BCUT2D eigenvalue weighted by atomic mass is 10.2. The molecule has 0 saturated heterocycles. The highest BCUT2D eigenvalue weighted by Gasteiger charge is 2.01. The standard InChI is InChI=1S/C10H11NO3/c1-14-7-10(13)11-9-4-2-3-8(5-9)6-12/h2-6H,7H2,1H3,(H,11,13). The summed E-state index contributed by atoms with van der Waals surface area (Å²) in [5.41, 5.74) is 1.12. The summed E-state index contributed by atoms with van der Waals surface area (Å²) in [4.78, 5) is 21.5. The number of ether oxygens (including phenoxy) is 1. The van der Waals surface area contributed by atoms with Crippen molar-refractivity contribution in [1.82, 2.24) is 0 Å². The molecule has 0 heterocycles. The number of carbonyl (C=O) groups is 2. The molecule has 1 aromatic rings. The van der Waals surface area contributed by atoms with Gasteiger partial charge in [-0.3, -0.25) is 9.59 Å². The monoisotopic (exact) mass is 193 g/mol. The summed E-state index contributed by atoms with van der Waals surface area (Å²) in [7, 11) is 1.45. The minimum absolute atomic E-state index is 0.00527. The van der Waals surface area contributed by atoms with E-state index < -0.39 is 0 Å². The highest BCUT2D eigenvalue weighted by Crippen LogP contribution is 2.08. The van der Waals surface area contributed by atoms with E-state index in [1.807, 2.05) is 0 Å². The van der Waals surface area contributed by atoms with E-state index in [4.69, 9.17) is 0 Å². The molecule has 1 amide bonds. The van der Waals surface area contributed by atoms with Crippen LogP contribution in [0.4, 0.5) is 5.69 Å². The van der Waals surface area contributed by atoms with Gasteiger partial charge in [0.25, 0.3) is 0 Å². The van der Waals surface area contributed by atoms with Crippen molar-refractivity contribution in [2.24, 2.45) is 0 Å². The number of nitrogens with one attached hydrogen (secondary N) is 1. The van der Waals surface area contributed by atoms with Crippen molar-refractivity contribution in [2.45, 2.75) is 0 Å². The Morgan fingerprint density at radius 1 is 1.57 bits per heavy atom. The number of methoxy groups -OCH3 is 1. The average molecular weight is 193 g/mol. The largest absolute Gasteiger partial charge is 0.375 e. The quantitative estimate of drug-likeness (QED) is 0.728. The Hall–Kier alpha value is -1.68. The van der Waals surface area contributed by atoms with Gasteiger partial charge in [0.1, 0.15) is 12.9 Å². The molecule has 0 atom stereocenters. The van der Waals surface area contributed by atoms with Gasteiger partial charge in [-0.1, -0.05) is 12.1 Å². The van der Waals surface area contributed by atoms with Crippen LogP contribution in [0.25, 0.3) is 0 Å². The van der Waals surface area contributed by atoms with Crippen LogP contribution in [0.1, 0.15) is 10.4 Å². The fraction of sp³-hybridized carbons (Fsp3) is 0.200. The molecule has 1 N–H and O–H groups in total. The van der Waals surface area contributed by atoms with E-state index >= 15 is 0 Å². The maximum absolute atomic E-state index is 11.1. The first kappa shape index (κ1) is 10.4. The van der Waals surface area contributed by atoms with Crippen LogP contribution < -0.4 is 5.32 Å². The average Bonchev–Trinajstić information content (AvgIpc) is 2.18. The third kappa shape index (κ3) is 2.99. The Labute approximate surface area is 81.9 Å². The fourth-order valence-electron chi connectivity index (χ4n) is 1.02. The molecular formula is C10H11NO3. The van der Waals surface area contributed by atoms with E-state index in [1.165, 1.54) is 7.11 Å². The van der Waals surface area contributed by atoms with Gasteiger partial charge in [-0.2, -0.15) is 0 Å². The maximum atomic E-state index is 11.1. The number of aldehydes is 1. The fourth-order valence-corrected chi connectivity index (χ4v) is 1.02. The normalized spacial score (nSPS) is 9.50. The first-order valence-electron chi connectivity index (χ1n) is 4.10. The summed E-state index contributed by atoms with van der Waals surface area (Å²) in [5, 5.41) is 2.59. The number of hydrogen-bond acceptors (Lipinski definition) is 3. The van der Waals surface area contributed by atoms with Crippen molar-refractivity contribution in [3.63, 3.8) is 0 Å². The van der Waals surface area contributed by atoms with Gasteiger partial charge >= 0.3 is 0 Å². The zero-order chi connectivity index (χ0) is 10.4. The maximum Gasteiger partial charge on any atom is 0.250 e.